The summed E-state index contributed by atoms with van der Waals surface area (Å²) in [6.45, 7) is 5.00. The summed E-state index contributed by atoms with van der Waals surface area (Å²) in [4.78, 5) is 2.49. The van der Waals surface area contributed by atoms with Crippen molar-refractivity contribution in [3.8, 4) is 0 Å². The highest BCUT2D eigenvalue weighted by Gasteiger charge is 2.54. The molecule has 0 aromatic carbocycles. The lowest BCUT2D eigenvalue weighted by atomic mass is 9.49. The third-order valence-electron chi connectivity index (χ3n) is 8.78. The van der Waals surface area contributed by atoms with Gasteiger partial charge in [0.05, 0.1) is 0 Å². The Morgan fingerprint density at radius 2 is 1.83 bits per heavy atom. The Hall–Kier alpha value is -0.300. The highest BCUT2D eigenvalue weighted by Crippen LogP contribution is 2.63. The Kier molecular flexibility index (Phi) is 4.15. The lowest BCUT2D eigenvalue weighted by Crippen LogP contribution is -2.49. The van der Waals surface area contributed by atoms with Crippen molar-refractivity contribution >= 4 is 0 Å². The van der Waals surface area contributed by atoms with Crippen LogP contribution in [0.1, 0.15) is 71.6 Å². The number of rotatable bonds is 2. The minimum absolute atomic E-state index is 0.573. The predicted molar refractivity (Wildman–Crippen MR) is 98.3 cm³/mol. The lowest BCUT2D eigenvalue weighted by molar-refractivity contribution is -0.0533. The molecule has 0 N–H and O–H groups in total. The van der Waals surface area contributed by atoms with Gasteiger partial charge >= 0.3 is 0 Å². The molecule has 4 aliphatic carbocycles. The molecule has 7 unspecified atom stereocenters. The van der Waals surface area contributed by atoms with E-state index < -0.39 is 0 Å². The van der Waals surface area contributed by atoms with E-state index in [-0.39, 0.29) is 0 Å². The summed E-state index contributed by atoms with van der Waals surface area (Å²) in [5.74, 6) is 5.22. The minimum atomic E-state index is 0.573. The summed E-state index contributed by atoms with van der Waals surface area (Å²) in [5, 5.41) is 0. The van der Waals surface area contributed by atoms with E-state index in [4.69, 9.17) is 0 Å². The first-order chi connectivity index (χ1) is 11.0. The second-order valence-corrected chi connectivity index (χ2v) is 9.64. The summed E-state index contributed by atoms with van der Waals surface area (Å²) in [6.07, 6.45) is 15.9. The summed E-state index contributed by atoms with van der Waals surface area (Å²) in [5.41, 5.74) is 2.38. The van der Waals surface area contributed by atoms with Crippen LogP contribution in [0.4, 0.5) is 0 Å². The van der Waals surface area contributed by atoms with Gasteiger partial charge in [-0.3, -0.25) is 0 Å². The summed E-state index contributed by atoms with van der Waals surface area (Å²) in [7, 11) is 4.58. The van der Waals surface area contributed by atoms with Gasteiger partial charge in [0, 0.05) is 6.04 Å². The molecule has 4 rings (SSSR count). The van der Waals surface area contributed by atoms with E-state index in [0.29, 0.717) is 5.41 Å². The first-order valence-corrected chi connectivity index (χ1v) is 10.4. The Morgan fingerprint density at radius 3 is 2.57 bits per heavy atom. The zero-order chi connectivity index (χ0) is 16.2. The first-order valence-electron chi connectivity index (χ1n) is 10.4. The average molecular weight is 316 g/mol. The van der Waals surface area contributed by atoms with Crippen LogP contribution in [0.3, 0.4) is 0 Å². The van der Waals surface area contributed by atoms with Gasteiger partial charge in [0.1, 0.15) is 0 Å². The van der Waals surface area contributed by atoms with Crippen LogP contribution in [-0.4, -0.2) is 25.0 Å². The highest BCUT2D eigenvalue weighted by atomic mass is 15.1. The van der Waals surface area contributed by atoms with Gasteiger partial charge in [-0.25, -0.2) is 0 Å². The van der Waals surface area contributed by atoms with Gasteiger partial charge in [0.2, 0.25) is 0 Å². The van der Waals surface area contributed by atoms with E-state index in [2.05, 4.69) is 38.9 Å². The second-order valence-electron chi connectivity index (χ2n) is 9.64. The van der Waals surface area contributed by atoms with Crippen molar-refractivity contribution in [3.63, 3.8) is 0 Å². The zero-order valence-electron chi connectivity index (χ0n) is 15.9. The summed E-state index contributed by atoms with van der Waals surface area (Å²) in [6, 6.07) is 0.862. The smallest absolute Gasteiger partial charge is 0.00920 e. The van der Waals surface area contributed by atoms with Crippen LogP contribution in [0.15, 0.2) is 11.6 Å². The molecule has 3 fully saturated rings. The maximum absolute atomic E-state index is 2.64. The molecule has 7 atom stereocenters. The number of allylic oxidation sites excluding steroid dienone is 2. The fourth-order valence-electron chi connectivity index (χ4n) is 7.50. The van der Waals surface area contributed by atoms with Crippen LogP contribution in [0.5, 0.6) is 0 Å². The predicted octanol–water partition coefficient (Wildman–Crippen LogP) is 5.52. The Morgan fingerprint density at radius 1 is 1.04 bits per heavy atom. The molecule has 1 nitrogen and oxygen atoms in total. The third-order valence-corrected chi connectivity index (χ3v) is 8.78. The zero-order valence-corrected chi connectivity index (χ0v) is 15.9. The van der Waals surface area contributed by atoms with Gasteiger partial charge in [-0.05, 0) is 107 Å². The molecule has 0 aromatic rings. The SMILES string of the molecule is CCC1=CCC2C3CCC4CC(N(C)C)CCC4C3CCC12C. The van der Waals surface area contributed by atoms with Crippen LogP contribution in [0.25, 0.3) is 0 Å². The van der Waals surface area contributed by atoms with Crippen molar-refractivity contribution in [1.82, 2.24) is 4.90 Å². The van der Waals surface area contributed by atoms with Crippen molar-refractivity contribution < 1.29 is 0 Å². The molecular weight excluding hydrogens is 278 g/mol. The van der Waals surface area contributed by atoms with E-state index in [1.807, 2.05) is 0 Å². The van der Waals surface area contributed by atoms with Crippen molar-refractivity contribution in [2.24, 2.45) is 35.0 Å². The quantitative estimate of drug-likeness (QED) is 0.607. The topological polar surface area (TPSA) is 3.24 Å². The summed E-state index contributed by atoms with van der Waals surface area (Å²) < 4.78 is 0. The van der Waals surface area contributed by atoms with Crippen LogP contribution >= 0.6 is 0 Å². The molecular formula is C22H37N. The van der Waals surface area contributed by atoms with Crippen molar-refractivity contribution in [2.75, 3.05) is 14.1 Å². The van der Waals surface area contributed by atoms with Gasteiger partial charge in [0.15, 0.2) is 0 Å². The standard InChI is InChI=1S/C22H37N/c1-5-16-7-11-21-20-9-6-15-14-17(23(3)4)8-10-18(15)19(20)12-13-22(16,21)2/h7,15,17-21H,5-6,8-14H2,1-4H3. The maximum atomic E-state index is 2.64. The molecule has 23 heavy (non-hydrogen) atoms. The molecule has 0 aliphatic heterocycles. The maximum Gasteiger partial charge on any atom is 0.00920 e. The Balaban J connectivity index is 1.51. The van der Waals surface area contributed by atoms with E-state index in [9.17, 15) is 0 Å². The molecule has 0 saturated heterocycles. The highest BCUT2D eigenvalue weighted by molar-refractivity contribution is 5.24. The summed E-state index contributed by atoms with van der Waals surface area (Å²) >= 11 is 0. The van der Waals surface area contributed by atoms with Crippen LogP contribution < -0.4 is 0 Å². The second kappa shape index (κ2) is 5.90. The Bertz CT molecular complexity index is 478. The molecule has 0 bridgehead atoms. The largest absolute Gasteiger partial charge is 0.306 e. The average Bonchev–Trinajstić information content (AvgIpc) is 2.90. The van der Waals surface area contributed by atoms with E-state index in [0.717, 1.165) is 35.6 Å². The molecule has 1 heteroatoms. The monoisotopic (exact) mass is 315 g/mol. The molecule has 4 aliphatic rings. The normalized spacial score (nSPS) is 49.3. The van der Waals surface area contributed by atoms with E-state index in [1.165, 1.54) is 57.8 Å². The first kappa shape index (κ1) is 16.2. The van der Waals surface area contributed by atoms with Gasteiger partial charge < -0.3 is 4.90 Å². The number of hydrogen-bond donors (Lipinski definition) is 0. The number of hydrogen-bond acceptors (Lipinski definition) is 1. The molecule has 130 valence electrons. The molecule has 3 saturated carbocycles. The molecule has 0 heterocycles. The molecule has 0 spiro atoms. The van der Waals surface area contributed by atoms with Gasteiger partial charge in [-0.1, -0.05) is 25.5 Å². The van der Waals surface area contributed by atoms with Crippen molar-refractivity contribution in [1.29, 1.82) is 0 Å². The van der Waals surface area contributed by atoms with Crippen LogP contribution in [0, 0.1) is 35.0 Å². The number of fused-ring (bicyclic) bond motifs is 5. The molecule has 0 radical (unpaired) electrons. The Labute approximate surface area is 143 Å². The van der Waals surface area contributed by atoms with E-state index in [1.54, 1.807) is 5.57 Å². The van der Waals surface area contributed by atoms with Gasteiger partial charge in [0.25, 0.3) is 0 Å². The third kappa shape index (κ3) is 2.44. The fourth-order valence-corrected chi connectivity index (χ4v) is 7.50. The lowest BCUT2D eigenvalue weighted by Gasteiger charge is -2.56. The van der Waals surface area contributed by atoms with Crippen LogP contribution in [-0.2, 0) is 0 Å². The van der Waals surface area contributed by atoms with Crippen molar-refractivity contribution in [3.05, 3.63) is 11.6 Å². The molecule has 0 amide bonds. The molecule has 0 aromatic heterocycles. The van der Waals surface area contributed by atoms with Crippen LogP contribution in [0.2, 0.25) is 0 Å². The van der Waals surface area contributed by atoms with Gasteiger partial charge in [-0.2, -0.15) is 0 Å². The fraction of sp³-hybridized carbons (Fsp3) is 0.909. The number of nitrogens with zero attached hydrogens (tertiary/aromatic N) is 1. The van der Waals surface area contributed by atoms with E-state index >= 15 is 0 Å². The van der Waals surface area contributed by atoms with Gasteiger partial charge in [-0.15, -0.1) is 0 Å². The van der Waals surface area contributed by atoms with Crippen molar-refractivity contribution in [2.45, 2.75) is 77.7 Å². The minimum Gasteiger partial charge on any atom is -0.306 e.